The Morgan fingerprint density at radius 1 is 1.14 bits per heavy atom. The molecule has 2 aliphatic rings. The monoisotopic (exact) mass is 186 g/mol. The average Bonchev–Trinajstić information content (AvgIpc) is 2.80. The van der Waals surface area contributed by atoms with Crippen molar-refractivity contribution in [1.82, 2.24) is 0 Å². The summed E-state index contributed by atoms with van der Waals surface area (Å²) in [5.41, 5.74) is 5.59. The Morgan fingerprint density at radius 3 is 2.64 bits per heavy atom. The van der Waals surface area contributed by atoms with Crippen LogP contribution in [0.15, 0.2) is 18.2 Å². The smallest absolute Gasteiger partial charge is 0.0216 e. The molecule has 0 amide bonds. The second-order valence-electron chi connectivity index (χ2n) is 5.21. The molecule has 0 heterocycles. The van der Waals surface area contributed by atoms with Gasteiger partial charge in [-0.2, -0.15) is 0 Å². The molecule has 0 nitrogen and oxygen atoms in total. The molecule has 1 fully saturated rings. The van der Waals surface area contributed by atoms with E-state index in [2.05, 4.69) is 25.1 Å². The third-order valence-electron chi connectivity index (χ3n) is 3.90. The molecule has 1 aromatic carbocycles. The normalized spacial score (nSPS) is 21.2. The molecule has 0 N–H and O–H groups in total. The molecule has 0 aromatic heterocycles. The van der Waals surface area contributed by atoms with Gasteiger partial charge in [-0.15, -0.1) is 0 Å². The van der Waals surface area contributed by atoms with Crippen LogP contribution in [0.4, 0.5) is 0 Å². The van der Waals surface area contributed by atoms with E-state index in [4.69, 9.17) is 0 Å². The van der Waals surface area contributed by atoms with Crippen molar-refractivity contribution in [3.8, 4) is 0 Å². The maximum atomic E-state index is 2.46. The van der Waals surface area contributed by atoms with Crippen LogP contribution in [0.2, 0.25) is 0 Å². The number of aryl methyl sites for hydroxylation is 1. The standard InChI is InChI=1S/C14H18/c1-2-3-11-4-5-12-9-14(6-7-14)10-13(12)8-11/h4-5,8H,2-3,6-7,9-10H2,1H3. The molecule has 14 heavy (non-hydrogen) atoms. The predicted molar refractivity (Wildman–Crippen MR) is 59.5 cm³/mol. The number of rotatable bonds is 2. The van der Waals surface area contributed by atoms with E-state index >= 15 is 0 Å². The zero-order chi connectivity index (χ0) is 9.60. The molecule has 0 bridgehead atoms. The maximum absolute atomic E-state index is 2.46. The van der Waals surface area contributed by atoms with Crippen molar-refractivity contribution in [3.63, 3.8) is 0 Å². The van der Waals surface area contributed by atoms with Crippen molar-refractivity contribution in [1.29, 1.82) is 0 Å². The molecule has 3 rings (SSSR count). The fourth-order valence-corrected chi connectivity index (χ4v) is 2.86. The Bertz CT molecular complexity index is 358. The van der Waals surface area contributed by atoms with Crippen molar-refractivity contribution in [2.75, 3.05) is 0 Å². The van der Waals surface area contributed by atoms with Crippen LogP contribution < -0.4 is 0 Å². The van der Waals surface area contributed by atoms with Gasteiger partial charge in [0.15, 0.2) is 0 Å². The van der Waals surface area contributed by atoms with Crippen molar-refractivity contribution in [2.45, 2.75) is 45.4 Å². The van der Waals surface area contributed by atoms with Crippen LogP contribution in [0.1, 0.15) is 42.9 Å². The quantitative estimate of drug-likeness (QED) is 0.663. The lowest BCUT2D eigenvalue weighted by Crippen LogP contribution is -1.96. The van der Waals surface area contributed by atoms with E-state index in [9.17, 15) is 0 Å². The minimum atomic E-state index is 0.743. The van der Waals surface area contributed by atoms with Gasteiger partial charge in [0.1, 0.15) is 0 Å². The summed E-state index contributed by atoms with van der Waals surface area (Å²) in [6, 6.07) is 7.18. The van der Waals surface area contributed by atoms with Crippen LogP contribution in [-0.2, 0) is 19.3 Å². The molecule has 0 aliphatic heterocycles. The second-order valence-corrected chi connectivity index (χ2v) is 5.21. The fourth-order valence-electron chi connectivity index (χ4n) is 2.86. The fraction of sp³-hybridized carbons (Fsp3) is 0.571. The van der Waals surface area contributed by atoms with Crippen LogP contribution in [0, 0.1) is 5.41 Å². The molecule has 74 valence electrons. The summed E-state index contributed by atoms with van der Waals surface area (Å²) in [6.45, 7) is 2.26. The van der Waals surface area contributed by atoms with Gasteiger partial charge >= 0.3 is 0 Å². The van der Waals surface area contributed by atoms with Crippen LogP contribution in [0.5, 0.6) is 0 Å². The van der Waals surface area contributed by atoms with E-state index in [1.165, 1.54) is 38.5 Å². The van der Waals surface area contributed by atoms with Crippen molar-refractivity contribution in [3.05, 3.63) is 34.9 Å². The van der Waals surface area contributed by atoms with Gasteiger partial charge in [0.2, 0.25) is 0 Å². The summed E-state index contributed by atoms with van der Waals surface area (Å²) in [7, 11) is 0. The number of hydrogen-bond acceptors (Lipinski definition) is 0. The molecular formula is C14H18. The summed E-state index contributed by atoms with van der Waals surface area (Å²) in [5, 5.41) is 0. The lowest BCUT2D eigenvalue weighted by atomic mass is 10.0. The van der Waals surface area contributed by atoms with Gasteiger partial charge in [0.25, 0.3) is 0 Å². The first-order valence-electron chi connectivity index (χ1n) is 5.92. The minimum absolute atomic E-state index is 0.743. The van der Waals surface area contributed by atoms with E-state index in [0.717, 1.165) is 5.41 Å². The molecule has 0 atom stereocenters. The Kier molecular flexibility index (Phi) is 1.74. The number of hydrogen-bond donors (Lipinski definition) is 0. The van der Waals surface area contributed by atoms with Gasteiger partial charge in [-0.3, -0.25) is 0 Å². The first-order chi connectivity index (χ1) is 6.81. The summed E-state index contributed by atoms with van der Waals surface area (Å²) in [5.74, 6) is 0. The van der Waals surface area contributed by atoms with Crippen LogP contribution in [-0.4, -0.2) is 0 Å². The molecule has 0 radical (unpaired) electrons. The van der Waals surface area contributed by atoms with Gasteiger partial charge in [-0.25, -0.2) is 0 Å². The highest BCUT2D eigenvalue weighted by molar-refractivity contribution is 5.39. The van der Waals surface area contributed by atoms with Crippen molar-refractivity contribution in [2.24, 2.45) is 5.41 Å². The predicted octanol–water partition coefficient (Wildman–Crippen LogP) is 3.52. The van der Waals surface area contributed by atoms with Crippen LogP contribution in [0.25, 0.3) is 0 Å². The highest BCUT2D eigenvalue weighted by Crippen LogP contribution is 2.55. The van der Waals surface area contributed by atoms with Crippen molar-refractivity contribution < 1.29 is 0 Å². The third kappa shape index (κ3) is 1.28. The summed E-state index contributed by atoms with van der Waals surface area (Å²) in [4.78, 5) is 0. The highest BCUT2D eigenvalue weighted by atomic mass is 14.5. The van der Waals surface area contributed by atoms with Gasteiger partial charge in [-0.05, 0) is 54.2 Å². The van der Waals surface area contributed by atoms with Crippen LogP contribution in [0.3, 0.4) is 0 Å². The van der Waals surface area contributed by atoms with Crippen LogP contribution >= 0.6 is 0 Å². The minimum Gasteiger partial charge on any atom is -0.0651 e. The lowest BCUT2D eigenvalue weighted by Gasteiger charge is -2.02. The number of benzene rings is 1. The molecule has 0 unspecified atom stereocenters. The van der Waals surface area contributed by atoms with Gasteiger partial charge in [0, 0.05) is 0 Å². The van der Waals surface area contributed by atoms with Gasteiger partial charge in [-0.1, -0.05) is 31.5 Å². The SMILES string of the molecule is CCCc1ccc2c(c1)CC1(CC1)C2. The molecule has 1 aromatic rings. The average molecular weight is 186 g/mol. The molecule has 0 saturated heterocycles. The zero-order valence-corrected chi connectivity index (χ0v) is 8.97. The molecule has 2 aliphatic carbocycles. The van der Waals surface area contributed by atoms with E-state index in [0.29, 0.717) is 0 Å². The summed E-state index contributed by atoms with van der Waals surface area (Å²) in [6.07, 6.45) is 8.22. The third-order valence-corrected chi connectivity index (χ3v) is 3.90. The Labute approximate surface area is 86.3 Å². The van der Waals surface area contributed by atoms with Gasteiger partial charge in [0.05, 0.1) is 0 Å². The van der Waals surface area contributed by atoms with E-state index in [1.807, 2.05) is 0 Å². The molecule has 1 spiro atoms. The maximum Gasteiger partial charge on any atom is -0.0216 e. The van der Waals surface area contributed by atoms with E-state index in [-0.39, 0.29) is 0 Å². The molecular weight excluding hydrogens is 168 g/mol. The number of fused-ring (bicyclic) bond motifs is 1. The Morgan fingerprint density at radius 2 is 1.93 bits per heavy atom. The summed E-state index contributed by atoms with van der Waals surface area (Å²) < 4.78 is 0. The van der Waals surface area contributed by atoms with E-state index in [1.54, 1.807) is 16.7 Å². The topological polar surface area (TPSA) is 0 Å². The van der Waals surface area contributed by atoms with Gasteiger partial charge < -0.3 is 0 Å². The largest absolute Gasteiger partial charge is 0.0651 e. The Hall–Kier alpha value is -0.780. The first kappa shape index (κ1) is 8.52. The zero-order valence-electron chi connectivity index (χ0n) is 8.97. The first-order valence-corrected chi connectivity index (χ1v) is 5.92. The van der Waals surface area contributed by atoms with Crippen molar-refractivity contribution >= 4 is 0 Å². The molecule has 0 heteroatoms. The lowest BCUT2D eigenvalue weighted by molar-refractivity contribution is 0.549. The molecule has 1 saturated carbocycles. The summed E-state index contributed by atoms with van der Waals surface area (Å²) >= 11 is 0. The Balaban J connectivity index is 1.90. The second kappa shape index (κ2) is 2.85. The van der Waals surface area contributed by atoms with E-state index < -0.39 is 0 Å². The highest BCUT2D eigenvalue weighted by Gasteiger charge is 2.46.